The molecule has 0 radical (unpaired) electrons. The lowest BCUT2D eigenvalue weighted by atomic mass is 10.5. The fourth-order valence-corrected chi connectivity index (χ4v) is 1.67. The van der Waals surface area contributed by atoms with Crippen molar-refractivity contribution < 1.29 is 0 Å². The van der Waals surface area contributed by atoms with Gasteiger partial charge >= 0.3 is 0 Å². The van der Waals surface area contributed by atoms with Crippen LogP contribution in [-0.2, 0) is 7.05 Å². The molecular formula is C8H9N5S. The van der Waals surface area contributed by atoms with Gasteiger partial charge in [0.1, 0.15) is 12.1 Å². The van der Waals surface area contributed by atoms with E-state index in [1.54, 1.807) is 16.9 Å². The maximum Gasteiger partial charge on any atom is 0.190 e. The molecule has 0 spiro atoms. The number of rotatable bonds is 2. The molecule has 0 unspecified atom stereocenters. The number of anilines is 1. The van der Waals surface area contributed by atoms with Crippen LogP contribution < -0.4 is 5.73 Å². The van der Waals surface area contributed by atoms with Crippen molar-refractivity contribution in [1.29, 1.82) is 0 Å². The summed E-state index contributed by atoms with van der Waals surface area (Å²) in [6, 6.07) is 3.67. The molecule has 0 saturated heterocycles. The Labute approximate surface area is 85.4 Å². The third-order valence-corrected chi connectivity index (χ3v) is 2.67. The fraction of sp³-hybridized carbons (Fsp3) is 0.125. The number of hydrogen-bond donors (Lipinski definition) is 1. The molecule has 0 aromatic carbocycles. The Bertz CT molecular complexity index is 422. The van der Waals surface area contributed by atoms with Crippen LogP contribution in [0, 0.1) is 0 Å². The number of nitrogen functional groups attached to an aromatic ring is 1. The minimum absolute atomic E-state index is 0.521. The second-order valence-electron chi connectivity index (χ2n) is 2.69. The summed E-state index contributed by atoms with van der Waals surface area (Å²) in [6.45, 7) is 0. The largest absolute Gasteiger partial charge is 0.384 e. The Kier molecular flexibility index (Phi) is 2.36. The van der Waals surface area contributed by atoms with Crippen LogP contribution in [0.15, 0.2) is 34.7 Å². The SMILES string of the molecule is Cn1ncnc1Sc1ccc(N)nc1. The van der Waals surface area contributed by atoms with Gasteiger partial charge in [-0.05, 0) is 23.9 Å². The summed E-state index contributed by atoms with van der Waals surface area (Å²) in [4.78, 5) is 9.07. The van der Waals surface area contributed by atoms with Gasteiger partial charge < -0.3 is 5.73 Å². The van der Waals surface area contributed by atoms with E-state index in [0.717, 1.165) is 10.1 Å². The number of nitrogens with two attached hydrogens (primary N) is 1. The highest BCUT2D eigenvalue weighted by atomic mass is 32.2. The summed E-state index contributed by atoms with van der Waals surface area (Å²) in [5.41, 5.74) is 5.48. The molecule has 0 atom stereocenters. The third kappa shape index (κ3) is 1.85. The van der Waals surface area contributed by atoms with E-state index in [-0.39, 0.29) is 0 Å². The normalized spacial score (nSPS) is 10.4. The highest BCUT2D eigenvalue weighted by Crippen LogP contribution is 2.24. The van der Waals surface area contributed by atoms with Crippen molar-refractivity contribution in [2.24, 2.45) is 7.05 Å². The number of hydrogen-bond acceptors (Lipinski definition) is 5. The Hall–Kier alpha value is -1.56. The lowest BCUT2D eigenvalue weighted by Gasteiger charge is -1.99. The molecule has 6 heteroatoms. The zero-order chi connectivity index (χ0) is 9.97. The van der Waals surface area contributed by atoms with Gasteiger partial charge in [-0.3, -0.25) is 0 Å². The van der Waals surface area contributed by atoms with Crippen LogP contribution in [0.1, 0.15) is 0 Å². The average Bonchev–Trinajstić information content (AvgIpc) is 2.56. The first-order valence-corrected chi connectivity index (χ1v) is 4.81. The highest BCUT2D eigenvalue weighted by Gasteiger charge is 2.02. The van der Waals surface area contributed by atoms with Crippen LogP contribution in [0.3, 0.4) is 0 Å². The van der Waals surface area contributed by atoms with Crippen molar-refractivity contribution in [3.8, 4) is 0 Å². The first-order chi connectivity index (χ1) is 6.75. The van der Waals surface area contributed by atoms with E-state index in [4.69, 9.17) is 5.73 Å². The average molecular weight is 207 g/mol. The van der Waals surface area contributed by atoms with Crippen LogP contribution in [0.2, 0.25) is 0 Å². The first-order valence-electron chi connectivity index (χ1n) is 3.99. The molecule has 2 N–H and O–H groups in total. The second-order valence-corrected chi connectivity index (χ2v) is 3.73. The molecule has 5 nitrogen and oxygen atoms in total. The third-order valence-electron chi connectivity index (χ3n) is 1.64. The number of aromatic nitrogens is 4. The van der Waals surface area contributed by atoms with E-state index >= 15 is 0 Å². The van der Waals surface area contributed by atoms with Crippen LogP contribution >= 0.6 is 11.8 Å². The summed E-state index contributed by atoms with van der Waals surface area (Å²) in [7, 11) is 1.85. The van der Waals surface area contributed by atoms with Crippen molar-refractivity contribution in [2.45, 2.75) is 10.1 Å². The molecule has 0 fully saturated rings. The smallest absolute Gasteiger partial charge is 0.190 e. The van der Waals surface area contributed by atoms with E-state index in [0.29, 0.717) is 5.82 Å². The van der Waals surface area contributed by atoms with E-state index < -0.39 is 0 Å². The van der Waals surface area contributed by atoms with E-state index in [2.05, 4.69) is 15.1 Å². The molecule has 14 heavy (non-hydrogen) atoms. The Morgan fingerprint density at radius 2 is 2.21 bits per heavy atom. The Balaban J connectivity index is 2.19. The predicted molar refractivity (Wildman–Crippen MR) is 53.8 cm³/mol. The van der Waals surface area contributed by atoms with Crippen molar-refractivity contribution in [1.82, 2.24) is 19.7 Å². The van der Waals surface area contributed by atoms with Crippen molar-refractivity contribution in [3.05, 3.63) is 24.7 Å². The van der Waals surface area contributed by atoms with E-state index in [1.807, 2.05) is 13.1 Å². The summed E-state index contributed by atoms with van der Waals surface area (Å²) >= 11 is 1.50. The lowest BCUT2D eigenvalue weighted by Crippen LogP contribution is -1.93. The second kappa shape index (κ2) is 3.67. The molecule has 2 aromatic heterocycles. The van der Waals surface area contributed by atoms with Gasteiger partial charge in [-0.1, -0.05) is 0 Å². The number of nitrogens with zero attached hydrogens (tertiary/aromatic N) is 4. The lowest BCUT2D eigenvalue weighted by molar-refractivity contribution is 0.685. The van der Waals surface area contributed by atoms with Crippen LogP contribution in [0.25, 0.3) is 0 Å². The fourth-order valence-electron chi connectivity index (χ4n) is 0.936. The number of aryl methyl sites for hydroxylation is 1. The molecule has 2 aromatic rings. The van der Waals surface area contributed by atoms with E-state index in [9.17, 15) is 0 Å². The predicted octanol–water partition coefficient (Wildman–Crippen LogP) is 0.944. The van der Waals surface area contributed by atoms with Crippen molar-refractivity contribution in [3.63, 3.8) is 0 Å². The highest BCUT2D eigenvalue weighted by molar-refractivity contribution is 7.99. The Morgan fingerprint density at radius 3 is 2.79 bits per heavy atom. The molecule has 0 aliphatic rings. The molecule has 0 saturated carbocycles. The molecule has 2 heterocycles. The topological polar surface area (TPSA) is 69.6 Å². The maximum absolute atomic E-state index is 5.48. The van der Waals surface area contributed by atoms with E-state index in [1.165, 1.54) is 18.1 Å². The van der Waals surface area contributed by atoms with Gasteiger partial charge in [0.25, 0.3) is 0 Å². The van der Waals surface area contributed by atoms with Gasteiger partial charge in [0.05, 0.1) is 0 Å². The van der Waals surface area contributed by atoms with Gasteiger partial charge in [-0.25, -0.2) is 14.6 Å². The van der Waals surface area contributed by atoms with Gasteiger partial charge in [-0.15, -0.1) is 0 Å². The number of pyridine rings is 1. The minimum Gasteiger partial charge on any atom is -0.384 e. The zero-order valence-corrected chi connectivity index (χ0v) is 8.40. The van der Waals surface area contributed by atoms with Crippen LogP contribution in [0.4, 0.5) is 5.82 Å². The molecule has 0 amide bonds. The van der Waals surface area contributed by atoms with Gasteiger partial charge in [0, 0.05) is 18.1 Å². The molecular weight excluding hydrogens is 198 g/mol. The van der Waals surface area contributed by atoms with Crippen LogP contribution in [0.5, 0.6) is 0 Å². The molecule has 2 rings (SSSR count). The zero-order valence-electron chi connectivity index (χ0n) is 7.58. The van der Waals surface area contributed by atoms with Gasteiger partial charge in [0.2, 0.25) is 0 Å². The Morgan fingerprint density at radius 1 is 1.36 bits per heavy atom. The van der Waals surface area contributed by atoms with Crippen LogP contribution in [-0.4, -0.2) is 19.7 Å². The van der Waals surface area contributed by atoms with Crippen molar-refractivity contribution >= 4 is 17.6 Å². The van der Waals surface area contributed by atoms with Gasteiger partial charge in [-0.2, -0.15) is 5.10 Å². The van der Waals surface area contributed by atoms with Crippen molar-refractivity contribution in [2.75, 3.05) is 5.73 Å². The summed E-state index contributed by atoms with van der Waals surface area (Å²) < 4.78 is 1.71. The quantitative estimate of drug-likeness (QED) is 0.793. The summed E-state index contributed by atoms with van der Waals surface area (Å²) in [6.07, 6.45) is 3.24. The molecule has 72 valence electrons. The standard InChI is InChI=1S/C8H9N5S/c1-13-8(11-5-12-13)14-6-2-3-7(9)10-4-6/h2-5H,1H3,(H2,9,10). The summed E-state index contributed by atoms with van der Waals surface area (Å²) in [5, 5.41) is 4.80. The molecule has 0 bridgehead atoms. The van der Waals surface area contributed by atoms with Gasteiger partial charge in [0.15, 0.2) is 5.16 Å². The maximum atomic E-state index is 5.48. The molecule has 0 aliphatic heterocycles. The first kappa shape index (κ1) is 9.01. The molecule has 0 aliphatic carbocycles. The monoisotopic (exact) mass is 207 g/mol. The summed E-state index contributed by atoms with van der Waals surface area (Å²) in [5.74, 6) is 0.521. The minimum atomic E-state index is 0.521.